The number of nitrogens with one attached hydrogen (secondary N) is 2. The Bertz CT molecular complexity index is 973. The van der Waals surface area contributed by atoms with Crippen LogP contribution in [0.5, 0.6) is 23.0 Å². The molecule has 0 aliphatic carbocycles. The molecule has 8 nitrogen and oxygen atoms in total. The number of hydrogen-bond acceptors (Lipinski definition) is 7. The first-order valence-corrected chi connectivity index (χ1v) is 9.32. The van der Waals surface area contributed by atoms with Crippen molar-refractivity contribution in [2.75, 3.05) is 39.1 Å². The number of benzene rings is 2. The maximum atomic E-state index is 12.5. The number of ether oxygens (including phenoxy) is 4. The number of allylic oxidation sites excluding steroid dienone is 1. The van der Waals surface area contributed by atoms with E-state index < -0.39 is 0 Å². The summed E-state index contributed by atoms with van der Waals surface area (Å²) in [6, 6.07) is 8.52. The summed E-state index contributed by atoms with van der Waals surface area (Å²) in [5.74, 6) is 1.71. The maximum absolute atomic E-state index is 12.5. The third-order valence-corrected chi connectivity index (χ3v) is 4.18. The lowest BCUT2D eigenvalue weighted by atomic mass is 10.1. The van der Waals surface area contributed by atoms with E-state index in [9.17, 15) is 9.59 Å². The lowest BCUT2D eigenvalue weighted by molar-refractivity contribution is -0.113. The van der Waals surface area contributed by atoms with Crippen LogP contribution in [-0.2, 0) is 9.59 Å². The van der Waals surface area contributed by atoms with Crippen LogP contribution < -0.4 is 29.6 Å². The summed E-state index contributed by atoms with van der Waals surface area (Å²) in [5, 5.41) is 5.75. The minimum absolute atomic E-state index is 0.0922. The summed E-state index contributed by atoms with van der Waals surface area (Å²) in [6.07, 6.45) is 5.88. The first-order valence-electron chi connectivity index (χ1n) is 9.32. The number of anilines is 2. The number of carbonyl (C=O) groups excluding carboxylic acids is 2. The summed E-state index contributed by atoms with van der Waals surface area (Å²) in [7, 11) is 6.13. The van der Waals surface area contributed by atoms with E-state index in [1.807, 2.05) is 0 Å². The molecule has 0 aliphatic heterocycles. The third-order valence-electron chi connectivity index (χ3n) is 4.18. The van der Waals surface area contributed by atoms with E-state index in [1.54, 1.807) is 43.5 Å². The van der Waals surface area contributed by atoms with Crippen LogP contribution in [0.1, 0.15) is 12.5 Å². The van der Waals surface area contributed by atoms with Gasteiger partial charge in [-0.25, -0.2) is 0 Å². The van der Waals surface area contributed by atoms with Crippen LogP contribution in [0.15, 0.2) is 48.7 Å². The number of methoxy groups -OCH3 is 4. The fraction of sp³-hybridized carbons (Fsp3) is 0.217. The van der Waals surface area contributed by atoms with Gasteiger partial charge in [0.05, 0.1) is 39.7 Å². The third kappa shape index (κ3) is 6.53. The summed E-state index contributed by atoms with van der Waals surface area (Å²) < 4.78 is 21.3. The van der Waals surface area contributed by atoms with E-state index in [1.165, 1.54) is 46.6 Å². The van der Waals surface area contributed by atoms with Crippen LogP contribution in [-0.4, -0.2) is 40.1 Å². The Morgan fingerprint density at radius 2 is 1.48 bits per heavy atom. The number of carbonyl (C=O) groups is 2. The Morgan fingerprint density at radius 1 is 0.839 bits per heavy atom. The van der Waals surface area contributed by atoms with Crippen LogP contribution in [0.4, 0.5) is 11.4 Å². The Balaban J connectivity index is 2.21. The van der Waals surface area contributed by atoms with E-state index in [4.69, 9.17) is 18.9 Å². The van der Waals surface area contributed by atoms with Gasteiger partial charge < -0.3 is 29.6 Å². The monoisotopic (exact) mass is 426 g/mol. The second-order valence-electron chi connectivity index (χ2n) is 6.27. The van der Waals surface area contributed by atoms with Gasteiger partial charge in [0.1, 0.15) is 23.0 Å². The molecule has 1 amide bonds. The van der Waals surface area contributed by atoms with E-state index >= 15 is 0 Å². The Kier molecular flexibility index (Phi) is 8.51. The molecule has 0 saturated carbocycles. The van der Waals surface area contributed by atoms with E-state index in [0.717, 1.165) is 0 Å². The highest BCUT2D eigenvalue weighted by atomic mass is 16.5. The minimum atomic E-state index is -0.352. The molecule has 2 rings (SSSR count). The highest BCUT2D eigenvalue weighted by Crippen LogP contribution is 2.35. The minimum Gasteiger partial charge on any atom is -0.496 e. The van der Waals surface area contributed by atoms with Crippen molar-refractivity contribution in [2.45, 2.75) is 6.92 Å². The molecular weight excluding hydrogens is 400 g/mol. The molecule has 31 heavy (non-hydrogen) atoms. The predicted molar refractivity (Wildman–Crippen MR) is 120 cm³/mol. The molecule has 0 unspecified atom stereocenters. The molecule has 2 aromatic carbocycles. The molecule has 0 radical (unpaired) electrons. The van der Waals surface area contributed by atoms with Gasteiger partial charge in [0.2, 0.25) is 5.91 Å². The fourth-order valence-corrected chi connectivity index (χ4v) is 2.69. The van der Waals surface area contributed by atoms with Gasteiger partial charge in [0.15, 0.2) is 5.78 Å². The molecule has 0 bridgehead atoms. The van der Waals surface area contributed by atoms with Crippen molar-refractivity contribution < 1.29 is 28.5 Å². The van der Waals surface area contributed by atoms with Gasteiger partial charge in [-0.1, -0.05) is 0 Å². The van der Waals surface area contributed by atoms with E-state index in [2.05, 4.69) is 10.6 Å². The Labute approximate surface area is 181 Å². The van der Waals surface area contributed by atoms with Crippen molar-refractivity contribution in [1.29, 1.82) is 0 Å². The topological polar surface area (TPSA) is 95.1 Å². The molecule has 0 aliphatic rings. The fourth-order valence-electron chi connectivity index (χ4n) is 2.69. The summed E-state index contributed by atoms with van der Waals surface area (Å²) >= 11 is 0. The lowest BCUT2D eigenvalue weighted by Gasteiger charge is -2.13. The number of amides is 1. The summed E-state index contributed by atoms with van der Waals surface area (Å²) in [6.45, 7) is 1.45. The van der Waals surface area contributed by atoms with Gasteiger partial charge in [0.25, 0.3) is 0 Å². The molecule has 0 spiro atoms. The number of rotatable bonds is 10. The molecule has 0 saturated heterocycles. The first-order chi connectivity index (χ1) is 14.9. The van der Waals surface area contributed by atoms with Gasteiger partial charge in [-0.2, -0.15) is 0 Å². The van der Waals surface area contributed by atoms with Crippen LogP contribution >= 0.6 is 0 Å². The molecule has 8 heteroatoms. The molecule has 164 valence electrons. The van der Waals surface area contributed by atoms with Crippen LogP contribution in [0, 0.1) is 0 Å². The zero-order valence-corrected chi connectivity index (χ0v) is 18.1. The van der Waals surface area contributed by atoms with Crippen molar-refractivity contribution in [3.8, 4) is 23.0 Å². The summed E-state index contributed by atoms with van der Waals surface area (Å²) in [5.41, 5.74) is 1.75. The molecule has 0 atom stereocenters. The second-order valence-corrected chi connectivity index (χ2v) is 6.27. The highest BCUT2D eigenvalue weighted by molar-refractivity contribution is 6.02. The number of ketones is 1. The molecule has 0 fully saturated rings. The average molecular weight is 426 g/mol. The Morgan fingerprint density at radius 3 is 2.03 bits per heavy atom. The van der Waals surface area contributed by atoms with E-state index in [0.29, 0.717) is 39.9 Å². The highest BCUT2D eigenvalue weighted by Gasteiger charge is 2.11. The lowest BCUT2D eigenvalue weighted by Crippen LogP contribution is -2.08. The van der Waals surface area contributed by atoms with E-state index in [-0.39, 0.29) is 11.7 Å². The first kappa shape index (κ1) is 23.3. The molecule has 0 heterocycles. The van der Waals surface area contributed by atoms with Crippen LogP contribution in [0.25, 0.3) is 6.08 Å². The van der Waals surface area contributed by atoms with Crippen molar-refractivity contribution in [3.63, 3.8) is 0 Å². The van der Waals surface area contributed by atoms with Gasteiger partial charge in [-0.05, 0) is 37.3 Å². The van der Waals surface area contributed by atoms with Crippen molar-refractivity contribution >= 4 is 29.1 Å². The molecule has 2 aromatic rings. The van der Waals surface area contributed by atoms with Gasteiger partial charge in [-0.15, -0.1) is 0 Å². The van der Waals surface area contributed by atoms with Crippen molar-refractivity contribution in [1.82, 2.24) is 0 Å². The predicted octanol–water partition coefficient (Wildman–Crippen LogP) is 3.89. The number of hydrogen-bond donors (Lipinski definition) is 2. The van der Waals surface area contributed by atoms with Gasteiger partial charge >= 0.3 is 0 Å². The second kappa shape index (κ2) is 11.3. The molecule has 2 N–H and O–H groups in total. The Hall–Kier alpha value is -3.94. The van der Waals surface area contributed by atoms with Crippen LogP contribution in [0.3, 0.4) is 0 Å². The largest absolute Gasteiger partial charge is 0.496 e. The van der Waals surface area contributed by atoms with Crippen molar-refractivity contribution in [2.24, 2.45) is 0 Å². The smallest absolute Gasteiger partial charge is 0.248 e. The zero-order chi connectivity index (χ0) is 22.8. The average Bonchev–Trinajstić information content (AvgIpc) is 2.77. The molecule has 0 aromatic heterocycles. The summed E-state index contributed by atoms with van der Waals surface area (Å²) in [4.78, 5) is 23.5. The van der Waals surface area contributed by atoms with Gasteiger partial charge in [0, 0.05) is 30.1 Å². The van der Waals surface area contributed by atoms with Crippen molar-refractivity contribution in [3.05, 3.63) is 54.2 Å². The quantitative estimate of drug-likeness (QED) is 0.557. The maximum Gasteiger partial charge on any atom is 0.248 e. The van der Waals surface area contributed by atoms with Gasteiger partial charge in [-0.3, -0.25) is 9.59 Å². The standard InChI is InChI=1S/C23H26N2O6/c1-15(26)10-11-24-19-12-16(6-8-20(19)29-3)25-23(27)9-7-18-21(30-4)13-17(28-2)14-22(18)31-5/h6-14,24H,1-5H3,(H,25,27)/b9-7+,11-10-. The van der Waals surface area contributed by atoms with Crippen LogP contribution in [0.2, 0.25) is 0 Å². The normalized spacial score (nSPS) is 10.7. The SMILES string of the molecule is COc1cc(OC)c(/C=C/C(=O)Nc2ccc(OC)c(N/C=C\C(C)=O)c2)c(OC)c1. The molecular formula is C23H26N2O6. The zero-order valence-electron chi connectivity index (χ0n) is 18.1.